The number of likely N-dealkylation sites (tertiary alicyclic amines) is 1. The Morgan fingerprint density at radius 3 is 1.91 bits per heavy atom. The molecule has 1 saturated heterocycles. The predicted octanol–water partition coefficient (Wildman–Crippen LogP) is 5.37. The number of nitrogens with zero attached hydrogens (tertiary/aromatic N) is 1. The molecule has 0 spiro atoms. The predicted molar refractivity (Wildman–Crippen MR) is 99.6 cm³/mol. The normalized spacial score (nSPS) is 17.2. The Labute approximate surface area is 140 Å². The summed E-state index contributed by atoms with van der Waals surface area (Å²) in [5.74, 6) is 0. The van der Waals surface area contributed by atoms with Gasteiger partial charge in [0.05, 0.1) is 0 Å². The first-order chi connectivity index (χ1) is 10.9. The van der Waals surface area contributed by atoms with Crippen LogP contribution in [0.15, 0.2) is 0 Å². The van der Waals surface area contributed by atoms with Crippen molar-refractivity contribution in [2.45, 2.75) is 103 Å². The maximum absolute atomic E-state index is 3.87. The first-order valence-electron chi connectivity index (χ1n) is 10.3. The maximum Gasteiger partial charge on any atom is 0.0107 e. The van der Waals surface area contributed by atoms with Crippen molar-refractivity contribution in [1.29, 1.82) is 0 Å². The zero-order valence-corrected chi connectivity index (χ0v) is 15.5. The number of hydrogen-bond acceptors (Lipinski definition) is 2. The molecule has 132 valence electrons. The molecule has 0 amide bonds. The van der Waals surface area contributed by atoms with Gasteiger partial charge in [-0.1, -0.05) is 71.6 Å². The lowest BCUT2D eigenvalue weighted by molar-refractivity contribution is 0.317. The second kappa shape index (κ2) is 14.5. The van der Waals surface area contributed by atoms with Crippen molar-refractivity contribution in [3.05, 3.63) is 0 Å². The second-order valence-corrected chi connectivity index (χ2v) is 7.25. The molecule has 0 radical (unpaired) electrons. The van der Waals surface area contributed by atoms with Crippen molar-refractivity contribution in [1.82, 2.24) is 10.2 Å². The first-order valence-corrected chi connectivity index (χ1v) is 10.3. The minimum Gasteiger partial charge on any atom is -0.313 e. The van der Waals surface area contributed by atoms with Gasteiger partial charge in [-0.2, -0.15) is 0 Å². The van der Waals surface area contributed by atoms with E-state index in [1.54, 1.807) is 0 Å². The van der Waals surface area contributed by atoms with Gasteiger partial charge in [0, 0.05) is 19.1 Å². The van der Waals surface area contributed by atoms with Crippen LogP contribution < -0.4 is 5.32 Å². The van der Waals surface area contributed by atoms with Gasteiger partial charge in [0.25, 0.3) is 0 Å². The van der Waals surface area contributed by atoms with Crippen LogP contribution in [0.3, 0.4) is 0 Å². The molecule has 1 unspecified atom stereocenters. The van der Waals surface area contributed by atoms with Crippen LogP contribution in [-0.4, -0.2) is 37.1 Å². The number of nitrogens with one attached hydrogen (secondary N) is 1. The molecule has 22 heavy (non-hydrogen) atoms. The fourth-order valence-electron chi connectivity index (χ4n) is 3.59. The van der Waals surface area contributed by atoms with E-state index in [4.69, 9.17) is 0 Å². The van der Waals surface area contributed by atoms with Gasteiger partial charge in [-0.3, -0.25) is 0 Å². The summed E-state index contributed by atoms with van der Waals surface area (Å²) in [7, 11) is 0. The lowest BCUT2D eigenvalue weighted by Crippen LogP contribution is -2.36. The van der Waals surface area contributed by atoms with Gasteiger partial charge in [-0.15, -0.1) is 0 Å². The SMILES string of the molecule is CCCCCCCC(CCCCCC)NCCN1CCCC1. The molecule has 1 atom stereocenters. The third-order valence-electron chi connectivity index (χ3n) is 5.12. The molecule has 1 rings (SSSR count). The summed E-state index contributed by atoms with van der Waals surface area (Å²) in [5.41, 5.74) is 0. The Kier molecular flexibility index (Phi) is 13.2. The average molecular weight is 311 g/mol. The molecule has 0 aromatic carbocycles. The Bertz CT molecular complexity index is 224. The maximum atomic E-state index is 3.87. The van der Waals surface area contributed by atoms with Crippen LogP contribution in [0.1, 0.15) is 97.3 Å². The molecular weight excluding hydrogens is 268 g/mol. The third-order valence-corrected chi connectivity index (χ3v) is 5.12. The topological polar surface area (TPSA) is 15.3 Å². The highest BCUT2D eigenvalue weighted by molar-refractivity contribution is 4.71. The van der Waals surface area contributed by atoms with Crippen molar-refractivity contribution < 1.29 is 0 Å². The van der Waals surface area contributed by atoms with Gasteiger partial charge in [-0.05, 0) is 38.8 Å². The van der Waals surface area contributed by atoms with Gasteiger partial charge < -0.3 is 10.2 Å². The lowest BCUT2D eigenvalue weighted by atomic mass is 10.0. The molecule has 0 aromatic heterocycles. The van der Waals surface area contributed by atoms with Gasteiger partial charge in [0.2, 0.25) is 0 Å². The molecule has 0 aliphatic carbocycles. The van der Waals surface area contributed by atoms with Gasteiger partial charge in [0.15, 0.2) is 0 Å². The largest absolute Gasteiger partial charge is 0.313 e. The van der Waals surface area contributed by atoms with E-state index in [2.05, 4.69) is 24.1 Å². The van der Waals surface area contributed by atoms with E-state index in [-0.39, 0.29) is 0 Å². The minimum absolute atomic E-state index is 0.779. The zero-order chi connectivity index (χ0) is 15.9. The summed E-state index contributed by atoms with van der Waals surface area (Å²) < 4.78 is 0. The van der Waals surface area contributed by atoms with E-state index in [1.807, 2.05) is 0 Å². The van der Waals surface area contributed by atoms with Crippen LogP contribution in [-0.2, 0) is 0 Å². The monoisotopic (exact) mass is 310 g/mol. The first kappa shape index (κ1) is 20.0. The Morgan fingerprint density at radius 2 is 1.32 bits per heavy atom. The smallest absolute Gasteiger partial charge is 0.0107 e. The van der Waals surface area contributed by atoms with Crippen molar-refractivity contribution in [3.8, 4) is 0 Å². The fraction of sp³-hybridized carbons (Fsp3) is 1.00. The minimum atomic E-state index is 0.779. The van der Waals surface area contributed by atoms with Gasteiger partial charge in [0.1, 0.15) is 0 Å². The second-order valence-electron chi connectivity index (χ2n) is 7.25. The van der Waals surface area contributed by atoms with Crippen LogP contribution in [0.4, 0.5) is 0 Å². The van der Waals surface area contributed by atoms with E-state index < -0.39 is 0 Å². The van der Waals surface area contributed by atoms with Crippen LogP contribution in [0.2, 0.25) is 0 Å². The highest BCUT2D eigenvalue weighted by Crippen LogP contribution is 2.13. The van der Waals surface area contributed by atoms with E-state index in [1.165, 1.54) is 110 Å². The molecule has 1 N–H and O–H groups in total. The van der Waals surface area contributed by atoms with Crippen molar-refractivity contribution >= 4 is 0 Å². The van der Waals surface area contributed by atoms with Gasteiger partial charge in [-0.25, -0.2) is 0 Å². The van der Waals surface area contributed by atoms with Crippen molar-refractivity contribution in [3.63, 3.8) is 0 Å². The van der Waals surface area contributed by atoms with Crippen LogP contribution in [0, 0.1) is 0 Å². The molecule has 2 nitrogen and oxygen atoms in total. The van der Waals surface area contributed by atoms with Crippen LogP contribution in [0.25, 0.3) is 0 Å². The fourth-order valence-corrected chi connectivity index (χ4v) is 3.59. The van der Waals surface area contributed by atoms with Crippen molar-refractivity contribution in [2.75, 3.05) is 26.2 Å². The summed E-state index contributed by atoms with van der Waals surface area (Å²) in [6.45, 7) is 9.74. The molecular formula is C20H42N2. The highest BCUT2D eigenvalue weighted by Gasteiger charge is 2.12. The summed E-state index contributed by atoms with van der Waals surface area (Å²) >= 11 is 0. The standard InChI is InChI=1S/C20H42N2/c1-3-5-7-9-11-15-20(14-10-8-6-4-2)21-16-19-22-17-12-13-18-22/h20-21H,3-19H2,1-2H3. The number of rotatable bonds is 15. The zero-order valence-electron chi connectivity index (χ0n) is 15.5. The molecule has 1 aliphatic heterocycles. The summed E-state index contributed by atoms with van der Waals surface area (Å²) in [4.78, 5) is 2.63. The van der Waals surface area contributed by atoms with E-state index in [9.17, 15) is 0 Å². The lowest BCUT2D eigenvalue weighted by Gasteiger charge is -2.21. The number of hydrogen-bond donors (Lipinski definition) is 1. The molecule has 1 heterocycles. The quantitative estimate of drug-likeness (QED) is 0.409. The highest BCUT2D eigenvalue weighted by atomic mass is 15.2. The number of unbranched alkanes of at least 4 members (excludes halogenated alkanes) is 7. The summed E-state index contributed by atoms with van der Waals surface area (Å²) in [6.07, 6.45) is 18.3. The third kappa shape index (κ3) is 10.6. The van der Waals surface area contributed by atoms with Gasteiger partial charge >= 0.3 is 0 Å². The molecule has 0 bridgehead atoms. The van der Waals surface area contributed by atoms with E-state index >= 15 is 0 Å². The molecule has 0 saturated carbocycles. The average Bonchev–Trinajstić information content (AvgIpc) is 3.04. The molecule has 2 heteroatoms. The Morgan fingerprint density at radius 1 is 0.773 bits per heavy atom. The van der Waals surface area contributed by atoms with E-state index in [0.717, 1.165) is 6.04 Å². The summed E-state index contributed by atoms with van der Waals surface area (Å²) in [5, 5.41) is 3.87. The van der Waals surface area contributed by atoms with E-state index in [0.29, 0.717) is 0 Å². The molecule has 1 fully saturated rings. The van der Waals surface area contributed by atoms with Crippen molar-refractivity contribution in [2.24, 2.45) is 0 Å². The van der Waals surface area contributed by atoms with Crippen LogP contribution in [0.5, 0.6) is 0 Å². The summed E-state index contributed by atoms with van der Waals surface area (Å²) in [6, 6.07) is 0.779. The Balaban J connectivity index is 2.11. The molecule has 0 aromatic rings. The van der Waals surface area contributed by atoms with Crippen LogP contribution >= 0.6 is 0 Å². The molecule has 1 aliphatic rings. The Hall–Kier alpha value is -0.0800.